The van der Waals surface area contributed by atoms with Gasteiger partial charge in [0.15, 0.2) is 11.5 Å². The highest BCUT2D eigenvalue weighted by atomic mass is 79.9. The second-order valence-corrected chi connectivity index (χ2v) is 5.33. The zero-order chi connectivity index (χ0) is 14.1. The van der Waals surface area contributed by atoms with Crippen LogP contribution in [0, 0.1) is 0 Å². The van der Waals surface area contributed by atoms with Crippen molar-refractivity contribution in [2.45, 2.75) is 13.0 Å². The van der Waals surface area contributed by atoms with Gasteiger partial charge in [-0.15, -0.1) is 10.2 Å². The number of halogens is 1. The van der Waals surface area contributed by atoms with Crippen LogP contribution in [0.5, 0.6) is 0 Å². The smallest absolute Gasteiger partial charge is 0.268 e. The fourth-order valence-corrected chi connectivity index (χ4v) is 2.34. The lowest BCUT2D eigenvalue weighted by atomic mass is 10.3. The molecular weight excluding hydrogens is 322 g/mol. The Labute approximate surface area is 123 Å². The molecule has 0 aromatic carbocycles. The molecule has 1 atom stereocenters. The molecule has 0 saturated heterocycles. The highest BCUT2D eigenvalue weighted by Crippen LogP contribution is 2.14. The molecule has 0 spiro atoms. The van der Waals surface area contributed by atoms with Crippen LogP contribution >= 0.6 is 15.9 Å². The summed E-state index contributed by atoms with van der Waals surface area (Å²) in [6.45, 7) is 1.87. The van der Waals surface area contributed by atoms with Crippen molar-refractivity contribution in [3.63, 3.8) is 0 Å². The second kappa shape index (κ2) is 5.09. The quantitative estimate of drug-likeness (QED) is 0.772. The fraction of sp³-hybridized carbons (Fsp3) is 0.154. The molecule has 3 aromatic rings. The maximum atomic E-state index is 12.1. The molecule has 2 N–H and O–H groups in total. The topological polar surface area (TPSA) is 75.1 Å². The first-order chi connectivity index (χ1) is 9.65. The Morgan fingerprint density at radius 1 is 1.45 bits per heavy atom. The SMILES string of the molecule is CC(NC(=O)c1cc(Br)c[nH]1)c1nnc2ccccn12. The van der Waals surface area contributed by atoms with Gasteiger partial charge in [0.2, 0.25) is 0 Å². The molecule has 0 fully saturated rings. The van der Waals surface area contributed by atoms with Gasteiger partial charge in [0.05, 0.1) is 6.04 Å². The number of aromatic amines is 1. The van der Waals surface area contributed by atoms with E-state index in [1.807, 2.05) is 35.7 Å². The number of carbonyl (C=O) groups excluding carboxylic acids is 1. The summed E-state index contributed by atoms with van der Waals surface area (Å²) in [6.07, 6.45) is 3.59. The standard InChI is InChI=1S/C13H12BrN5O/c1-8(16-13(20)10-6-9(14)7-15-10)12-18-17-11-4-2-3-5-19(11)12/h2-8,15H,1H3,(H,16,20). The summed E-state index contributed by atoms with van der Waals surface area (Å²) in [4.78, 5) is 15.0. The van der Waals surface area contributed by atoms with Gasteiger partial charge in [0.25, 0.3) is 5.91 Å². The van der Waals surface area contributed by atoms with Crippen LogP contribution in [-0.2, 0) is 0 Å². The number of hydrogen-bond donors (Lipinski definition) is 2. The molecule has 0 radical (unpaired) electrons. The average molecular weight is 334 g/mol. The molecule has 102 valence electrons. The minimum Gasteiger partial charge on any atom is -0.356 e. The summed E-state index contributed by atoms with van der Waals surface area (Å²) in [5.74, 6) is 0.510. The molecule has 3 heterocycles. The molecule has 0 aliphatic heterocycles. The third-order valence-electron chi connectivity index (χ3n) is 2.97. The molecule has 3 rings (SSSR count). The van der Waals surface area contributed by atoms with Crippen LogP contribution in [0.3, 0.4) is 0 Å². The van der Waals surface area contributed by atoms with E-state index in [-0.39, 0.29) is 11.9 Å². The first-order valence-corrected chi connectivity index (χ1v) is 6.89. The number of nitrogens with zero attached hydrogens (tertiary/aromatic N) is 3. The highest BCUT2D eigenvalue weighted by molar-refractivity contribution is 9.10. The van der Waals surface area contributed by atoms with Crippen LogP contribution in [0.15, 0.2) is 41.1 Å². The summed E-state index contributed by atoms with van der Waals surface area (Å²) in [5.41, 5.74) is 1.25. The third kappa shape index (κ3) is 2.32. The van der Waals surface area contributed by atoms with Gasteiger partial charge in [0.1, 0.15) is 5.69 Å². The third-order valence-corrected chi connectivity index (χ3v) is 3.43. The number of hydrogen-bond acceptors (Lipinski definition) is 3. The number of fused-ring (bicyclic) bond motifs is 1. The summed E-state index contributed by atoms with van der Waals surface area (Å²) < 4.78 is 2.69. The van der Waals surface area contributed by atoms with Gasteiger partial charge >= 0.3 is 0 Å². The Morgan fingerprint density at radius 3 is 3.05 bits per heavy atom. The Bertz CT molecular complexity index is 763. The van der Waals surface area contributed by atoms with Gasteiger partial charge in [-0.1, -0.05) is 6.07 Å². The second-order valence-electron chi connectivity index (χ2n) is 4.41. The lowest BCUT2D eigenvalue weighted by Gasteiger charge is -2.11. The number of rotatable bonds is 3. The lowest BCUT2D eigenvalue weighted by molar-refractivity contribution is 0.0933. The normalized spacial score (nSPS) is 12.5. The van der Waals surface area contributed by atoms with Crippen molar-refractivity contribution in [3.05, 3.63) is 52.7 Å². The zero-order valence-electron chi connectivity index (χ0n) is 10.7. The molecule has 20 heavy (non-hydrogen) atoms. The summed E-state index contributed by atoms with van der Waals surface area (Å²) in [7, 11) is 0. The van der Waals surface area contributed by atoms with Crippen LogP contribution in [-0.4, -0.2) is 25.5 Å². The van der Waals surface area contributed by atoms with Crippen molar-refractivity contribution in [1.29, 1.82) is 0 Å². The van der Waals surface area contributed by atoms with Crippen LogP contribution in [0.25, 0.3) is 5.65 Å². The summed E-state index contributed by atoms with van der Waals surface area (Å²) >= 11 is 3.30. The minimum absolute atomic E-state index is 0.184. The molecule has 1 amide bonds. The molecule has 0 saturated carbocycles. The lowest BCUT2D eigenvalue weighted by Crippen LogP contribution is -2.28. The Balaban J connectivity index is 1.82. The molecule has 3 aromatic heterocycles. The van der Waals surface area contributed by atoms with Gasteiger partial charge < -0.3 is 10.3 Å². The fourth-order valence-electron chi connectivity index (χ4n) is 1.99. The van der Waals surface area contributed by atoms with E-state index in [1.165, 1.54) is 0 Å². The van der Waals surface area contributed by atoms with Gasteiger partial charge in [0, 0.05) is 16.9 Å². The molecule has 1 unspecified atom stereocenters. The van der Waals surface area contributed by atoms with Crippen molar-refractivity contribution < 1.29 is 4.79 Å². The Hall–Kier alpha value is -2.15. The minimum atomic E-state index is -0.248. The molecule has 0 aliphatic rings. The van der Waals surface area contributed by atoms with Crippen molar-refractivity contribution in [2.75, 3.05) is 0 Å². The van der Waals surface area contributed by atoms with Gasteiger partial charge in [-0.05, 0) is 41.1 Å². The van der Waals surface area contributed by atoms with E-state index in [2.05, 4.69) is 36.4 Å². The zero-order valence-corrected chi connectivity index (χ0v) is 12.3. The summed E-state index contributed by atoms with van der Waals surface area (Å²) in [5, 5.41) is 11.1. The van der Waals surface area contributed by atoms with Gasteiger partial charge in [-0.2, -0.15) is 0 Å². The van der Waals surface area contributed by atoms with Crippen molar-refractivity contribution in [3.8, 4) is 0 Å². The van der Waals surface area contributed by atoms with Crippen LogP contribution < -0.4 is 5.32 Å². The van der Waals surface area contributed by atoms with E-state index in [0.29, 0.717) is 11.5 Å². The van der Waals surface area contributed by atoms with Crippen LogP contribution in [0.4, 0.5) is 0 Å². The van der Waals surface area contributed by atoms with E-state index in [4.69, 9.17) is 0 Å². The van der Waals surface area contributed by atoms with E-state index in [0.717, 1.165) is 10.1 Å². The Morgan fingerprint density at radius 2 is 2.30 bits per heavy atom. The monoisotopic (exact) mass is 333 g/mol. The number of nitrogens with one attached hydrogen (secondary N) is 2. The maximum absolute atomic E-state index is 12.1. The molecular formula is C13H12BrN5O. The highest BCUT2D eigenvalue weighted by Gasteiger charge is 2.17. The van der Waals surface area contributed by atoms with Crippen LogP contribution in [0.1, 0.15) is 29.3 Å². The van der Waals surface area contributed by atoms with Gasteiger partial charge in [-0.3, -0.25) is 9.20 Å². The molecule has 6 nitrogen and oxygen atoms in total. The number of carbonyl (C=O) groups is 1. The molecule has 7 heteroatoms. The Kier molecular flexibility index (Phi) is 3.27. The number of pyridine rings is 1. The van der Waals surface area contributed by atoms with E-state index >= 15 is 0 Å². The van der Waals surface area contributed by atoms with Gasteiger partial charge in [-0.25, -0.2) is 0 Å². The van der Waals surface area contributed by atoms with Crippen LogP contribution in [0.2, 0.25) is 0 Å². The first-order valence-electron chi connectivity index (χ1n) is 6.09. The summed E-state index contributed by atoms with van der Waals surface area (Å²) in [6, 6.07) is 7.14. The number of H-pyrrole nitrogens is 1. The average Bonchev–Trinajstić information content (AvgIpc) is 3.04. The number of amides is 1. The molecule has 0 bridgehead atoms. The van der Waals surface area contributed by atoms with E-state index in [1.54, 1.807) is 12.3 Å². The van der Waals surface area contributed by atoms with E-state index < -0.39 is 0 Å². The number of aromatic nitrogens is 4. The predicted molar refractivity (Wildman–Crippen MR) is 77.4 cm³/mol. The largest absolute Gasteiger partial charge is 0.356 e. The van der Waals surface area contributed by atoms with Crippen molar-refractivity contribution in [1.82, 2.24) is 24.9 Å². The van der Waals surface area contributed by atoms with Crippen molar-refractivity contribution in [2.24, 2.45) is 0 Å². The predicted octanol–water partition coefficient (Wildman–Crippen LogP) is 2.31. The molecule has 0 aliphatic carbocycles. The van der Waals surface area contributed by atoms with E-state index in [9.17, 15) is 4.79 Å². The van der Waals surface area contributed by atoms with Crippen molar-refractivity contribution >= 4 is 27.5 Å². The maximum Gasteiger partial charge on any atom is 0.268 e. The first kappa shape index (κ1) is 12.9.